The van der Waals surface area contributed by atoms with Gasteiger partial charge in [0.2, 0.25) is 17.3 Å². The fraction of sp³-hybridized carbons (Fsp3) is 0.200. The lowest BCUT2D eigenvalue weighted by Gasteiger charge is -1.93. The van der Waals surface area contributed by atoms with Crippen molar-refractivity contribution in [1.82, 2.24) is 0 Å². The number of furan rings is 1. The SMILES string of the molecule is [O]C(O)c1oc(O)c(O)c1O. The van der Waals surface area contributed by atoms with Crippen LogP contribution in [0.4, 0.5) is 0 Å². The summed E-state index contributed by atoms with van der Waals surface area (Å²) in [6, 6.07) is 0. The van der Waals surface area contributed by atoms with Crippen LogP contribution in [-0.2, 0) is 5.11 Å². The Morgan fingerprint density at radius 1 is 1.18 bits per heavy atom. The molecule has 1 heterocycles. The standard InChI is InChI=1S/C5H5O6/c6-1-2(7)5(10)11-3(1)4(8)9/h4,6-8,10H. The maximum absolute atomic E-state index is 10.2. The van der Waals surface area contributed by atoms with E-state index in [-0.39, 0.29) is 0 Å². The van der Waals surface area contributed by atoms with Crippen LogP contribution < -0.4 is 0 Å². The molecular formula is C5H5O6. The fourth-order valence-corrected chi connectivity index (χ4v) is 0.586. The van der Waals surface area contributed by atoms with Gasteiger partial charge in [-0.3, -0.25) is 0 Å². The van der Waals surface area contributed by atoms with Crippen molar-refractivity contribution in [3.63, 3.8) is 0 Å². The predicted molar refractivity (Wildman–Crippen MR) is 29.3 cm³/mol. The highest BCUT2D eigenvalue weighted by molar-refractivity contribution is 5.46. The van der Waals surface area contributed by atoms with E-state index in [1.54, 1.807) is 0 Å². The van der Waals surface area contributed by atoms with Gasteiger partial charge in [-0.1, -0.05) is 0 Å². The molecule has 11 heavy (non-hydrogen) atoms. The van der Waals surface area contributed by atoms with Gasteiger partial charge in [0.15, 0.2) is 0 Å². The molecule has 1 atom stereocenters. The lowest BCUT2D eigenvalue weighted by atomic mass is 10.4. The van der Waals surface area contributed by atoms with E-state index in [1.165, 1.54) is 0 Å². The highest BCUT2D eigenvalue weighted by Gasteiger charge is 2.23. The van der Waals surface area contributed by atoms with Crippen LogP contribution >= 0.6 is 0 Å². The van der Waals surface area contributed by atoms with Crippen LogP contribution in [0.3, 0.4) is 0 Å². The zero-order chi connectivity index (χ0) is 8.59. The third kappa shape index (κ3) is 1.08. The van der Waals surface area contributed by atoms with Crippen molar-refractivity contribution in [2.75, 3.05) is 0 Å². The third-order valence-electron chi connectivity index (χ3n) is 1.09. The van der Waals surface area contributed by atoms with Crippen molar-refractivity contribution >= 4 is 0 Å². The Kier molecular flexibility index (Phi) is 1.63. The molecule has 0 fully saturated rings. The molecule has 1 unspecified atom stereocenters. The molecule has 61 valence electrons. The summed E-state index contributed by atoms with van der Waals surface area (Å²) < 4.78 is 4.10. The van der Waals surface area contributed by atoms with Gasteiger partial charge in [-0.2, -0.15) is 5.11 Å². The van der Waals surface area contributed by atoms with Gasteiger partial charge >= 0.3 is 5.95 Å². The number of hydrogen-bond donors (Lipinski definition) is 4. The minimum atomic E-state index is -2.32. The summed E-state index contributed by atoms with van der Waals surface area (Å²) in [5, 5.41) is 44.4. The second kappa shape index (κ2) is 2.33. The molecule has 1 aromatic rings. The monoisotopic (exact) mass is 161 g/mol. The summed E-state index contributed by atoms with van der Waals surface area (Å²) >= 11 is 0. The first-order valence-corrected chi connectivity index (χ1v) is 2.61. The summed E-state index contributed by atoms with van der Waals surface area (Å²) in [5.41, 5.74) is 0. The van der Waals surface area contributed by atoms with Crippen LogP contribution in [-0.4, -0.2) is 20.4 Å². The summed E-state index contributed by atoms with van der Waals surface area (Å²) in [6.45, 7) is 0. The molecule has 1 rings (SSSR count). The molecule has 0 aliphatic rings. The second-order valence-electron chi connectivity index (χ2n) is 1.82. The van der Waals surface area contributed by atoms with Gasteiger partial charge in [0.1, 0.15) is 0 Å². The molecule has 0 amide bonds. The first-order chi connectivity index (χ1) is 5.04. The van der Waals surface area contributed by atoms with E-state index in [0.717, 1.165) is 0 Å². The van der Waals surface area contributed by atoms with Crippen LogP contribution in [0.25, 0.3) is 0 Å². The predicted octanol–water partition coefficient (Wildman–Crippen LogP) is -0.182. The van der Waals surface area contributed by atoms with Crippen molar-refractivity contribution in [3.8, 4) is 17.4 Å². The topological polar surface area (TPSA) is 114 Å². The van der Waals surface area contributed by atoms with Crippen molar-refractivity contribution in [2.45, 2.75) is 6.29 Å². The minimum Gasteiger partial charge on any atom is -0.502 e. The second-order valence-corrected chi connectivity index (χ2v) is 1.82. The quantitative estimate of drug-likeness (QED) is 0.426. The summed E-state index contributed by atoms with van der Waals surface area (Å²) in [7, 11) is 0. The van der Waals surface area contributed by atoms with Gasteiger partial charge in [-0.25, -0.2) is 0 Å². The molecule has 0 aliphatic heterocycles. The number of aromatic hydroxyl groups is 3. The van der Waals surface area contributed by atoms with E-state index in [4.69, 9.17) is 20.4 Å². The van der Waals surface area contributed by atoms with Gasteiger partial charge in [0.25, 0.3) is 6.29 Å². The summed E-state index contributed by atoms with van der Waals surface area (Å²) in [5.74, 6) is -3.69. The zero-order valence-electron chi connectivity index (χ0n) is 5.18. The van der Waals surface area contributed by atoms with Crippen LogP contribution in [0.2, 0.25) is 0 Å². The zero-order valence-corrected chi connectivity index (χ0v) is 5.18. The van der Waals surface area contributed by atoms with Gasteiger partial charge < -0.3 is 24.8 Å². The first-order valence-electron chi connectivity index (χ1n) is 2.61. The maximum atomic E-state index is 10.2. The smallest absolute Gasteiger partial charge is 0.330 e. The highest BCUT2D eigenvalue weighted by atomic mass is 16.5. The Labute approximate surface area is 60.6 Å². The molecule has 0 aromatic carbocycles. The van der Waals surface area contributed by atoms with E-state index in [0.29, 0.717) is 0 Å². The number of rotatable bonds is 1. The minimum absolute atomic E-state index is 0.806. The van der Waals surface area contributed by atoms with E-state index < -0.39 is 29.5 Å². The fourth-order valence-electron chi connectivity index (χ4n) is 0.586. The Morgan fingerprint density at radius 3 is 1.91 bits per heavy atom. The molecule has 0 saturated heterocycles. The first kappa shape index (κ1) is 7.70. The average Bonchev–Trinajstić information content (AvgIpc) is 2.17. The Bertz CT molecular complexity index is 262. The van der Waals surface area contributed by atoms with E-state index in [2.05, 4.69) is 4.42 Å². The lowest BCUT2D eigenvalue weighted by molar-refractivity contribution is -0.110. The highest BCUT2D eigenvalue weighted by Crippen LogP contribution is 2.42. The molecule has 0 saturated carbocycles. The van der Waals surface area contributed by atoms with Crippen LogP contribution in [0.5, 0.6) is 17.4 Å². The van der Waals surface area contributed by atoms with Crippen molar-refractivity contribution in [1.29, 1.82) is 0 Å². The normalized spacial score (nSPS) is 10.8. The van der Waals surface area contributed by atoms with Crippen molar-refractivity contribution in [2.24, 2.45) is 0 Å². The molecule has 0 bridgehead atoms. The molecule has 6 nitrogen and oxygen atoms in total. The molecule has 6 heteroatoms. The molecular weight excluding hydrogens is 156 g/mol. The van der Waals surface area contributed by atoms with E-state index >= 15 is 0 Å². The Morgan fingerprint density at radius 2 is 1.73 bits per heavy atom. The third-order valence-corrected chi connectivity index (χ3v) is 1.09. The van der Waals surface area contributed by atoms with Crippen molar-refractivity contribution in [3.05, 3.63) is 5.76 Å². The Hall–Kier alpha value is -1.40. The lowest BCUT2D eigenvalue weighted by Crippen LogP contribution is -1.89. The van der Waals surface area contributed by atoms with E-state index in [1.807, 2.05) is 0 Å². The average molecular weight is 161 g/mol. The summed E-state index contributed by atoms with van der Waals surface area (Å²) in [6.07, 6.45) is -2.32. The number of aliphatic hydroxyl groups is 1. The largest absolute Gasteiger partial charge is 0.502 e. The molecule has 1 radical (unpaired) electrons. The summed E-state index contributed by atoms with van der Waals surface area (Å²) in [4.78, 5) is 0. The maximum Gasteiger partial charge on any atom is 0.330 e. The van der Waals surface area contributed by atoms with Gasteiger partial charge in [-0.15, -0.1) is 0 Å². The van der Waals surface area contributed by atoms with E-state index in [9.17, 15) is 5.11 Å². The van der Waals surface area contributed by atoms with Gasteiger partial charge in [-0.05, 0) is 0 Å². The molecule has 4 N–H and O–H groups in total. The van der Waals surface area contributed by atoms with Crippen LogP contribution in [0.15, 0.2) is 4.42 Å². The van der Waals surface area contributed by atoms with Crippen LogP contribution in [0.1, 0.15) is 12.1 Å². The van der Waals surface area contributed by atoms with Gasteiger partial charge in [0.05, 0.1) is 0 Å². The molecule has 0 spiro atoms. The van der Waals surface area contributed by atoms with Crippen LogP contribution in [0, 0.1) is 0 Å². The Balaban J connectivity index is 3.19. The number of aliphatic hydroxyl groups excluding tert-OH is 1. The number of hydrogen-bond acceptors (Lipinski definition) is 5. The molecule has 1 aromatic heterocycles. The van der Waals surface area contributed by atoms with Gasteiger partial charge in [0, 0.05) is 0 Å². The van der Waals surface area contributed by atoms with Crippen molar-refractivity contribution < 1.29 is 29.9 Å². The molecule has 0 aliphatic carbocycles.